The first-order chi connectivity index (χ1) is 18.2. The smallest absolute Gasteiger partial charge is 0.244 e. The highest BCUT2D eigenvalue weighted by atomic mass is 35.5. The van der Waals surface area contributed by atoms with Gasteiger partial charge < -0.3 is 19.7 Å². The highest BCUT2D eigenvalue weighted by molar-refractivity contribution is 7.92. The molecule has 2 aromatic carbocycles. The summed E-state index contributed by atoms with van der Waals surface area (Å²) in [6.07, 6.45) is 4.34. The number of halogens is 1. The first-order valence-corrected chi connectivity index (χ1v) is 14.9. The van der Waals surface area contributed by atoms with Crippen LogP contribution >= 0.6 is 11.6 Å². The Balaban J connectivity index is 1.64. The number of hydrogen-bond donors (Lipinski definition) is 1. The average molecular weight is 564 g/mol. The van der Waals surface area contributed by atoms with E-state index in [0.717, 1.165) is 35.6 Å². The number of carbonyl (C=O) groups excluding carboxylic acids is 2. The Morgan fingerprint density at radius 1 is 1.05 bits per heavy atom. The first-order valence-electron chi connectivity index (χ1n) is 13.0. The molecule has 11 heteroatoms. The van der Waals surface area contributed by atoms with Crippen LogP contribution in [0, 0.1) is 0 Å². The molecule has 38 heavy (non-hydrogen) atoms. The molecule has 206 valence electrons. The summed E-state index contributed by atoms with van der Waals surface area (Å²) < 4.78 is 38.1. The number of hydrogen-bond acceptors (Lipinski definition) is 6. The van der Waals surface area contributed by atoms with Gasteiger partial charge in [-0.3, -0.25) is 13.9 Å². The second-order valence-electron chi connectivity index (χ2n) is 9.51. The van der Waals surface area contributed by atoms with Crippen molar-refractivity contribution in [3.8, 4) is 11.5 Å². The van der Waals surface area contributed by atoms with Gasteiger partial charge in [-0.05, 0) is 56.0 Å². The van der Waals surface area contributed by atoms with Crippen molar-refractivity contribution < 1.29 is 27.5 Å². The maximum absolute atomic E-state index is 13.9. The molecule has 2 aliphatic rings. The maximum Gasteiger partial charge on any atom is 0.244 e. The molecule has 9 nitrogen and oxygen atoms in total. The van der Waals surface area contributed by atoms with Crippen LogP contribution in [0.15, 0.2) is 42.5 Å². The minimum absolute atomic E-state index is 0.0431. The van der Waals surface area contributed by atoms with Crippen LogP contribution in [0.3, 0.4) is 0 Å². The number of carbonyl (C=O) groups is 2. The average Bonchev–Trinajstić information content (AvgIpc) is 3.59. The van der Waals surface area contributed by atoms with E-state index in [1.165, 1.54) is 11.8 Å². The second-order valence-corrected chi connectivity index (χ2v) is 12.1. The normalized spacial score (nSPS) is 15.8. The van der Waals surface area contributed by atoms with Crippen LogP contribution < -0.4 is 19.1 Å². The van der Waals surface area contributed by atoms with Gasteiger partial charge in [0.1, 0.15) is 12.6 Å². The monoisotopic (exact) mass is 563 g/mol. The SMILES string of the molecule is CCC(C(=O)NC1CCCC1)N(Cc1ccc(Cl)cc1)C(=O)CN(c1ccc2c(c1)OCO2)S(=O)(=O)CC. The fraction of sp³-hybridized carbons (Fsp3) is 0.481. The lowest BCUT2D eigenvalue weighted by Gasteiger charge is -2.33. The van der Waals surface area contributed by atoms with Crippen molar-refractivity contribution >= 4 is 39.1 Å². The third-order valence-corrected chi connectivity index (χ3v) is 8.97. The summed E-state index contributed by atoms with van der Waals surface area (Å²) >= 11 is 6.05. The molecule has 1 fully saturated rings. The molecule has 1 N–H and O–H groups in total. The van der Waals surface area contributed by atoms with Gasteiger partial charge in [-0.15, -0.1) is 0 Å². The lowest BCUT2D eigenvalue weighted by Crippen LogP contribution is -2.53. The largest absolute Gasteiger partial charge is 0.454 e. The van der Waals surface area contributed by atoms with E-state index in [4.69, 9.17) is 21.1 Å². The molecule has 2 amide bonds. The van der Waals surface area contributed by atoms with Crippen LogP contribution in [0.2, 0.25) is 5.02 Å². The number of amides is 2. The molecule has 1 aliphatic carbocycles. The highest BCUT2D eigenvalue weighted by Crippen LogP contribution is 2.36. The van der Waals surface area contributed by atoms with Crippen LogP contribution in [0.4, 0.5) is 5.69 Å². The van der Waals surface area contributed by atoms with Crippen LogP contribution in [0.25, 0.3) is 0 Å². The summed E-state index contributed by atoms with van der Waals surface area (Å²) in [5.41, 5.74) is 1.07. The number of anilines is 1. The Kier molecular flexibility index (Phi) is 9.04. The summed E-state index contributed by atoms with van der Waals surface area (Å²) in [5, 5.41) is 3.65. The standard InChI is InChI=1S/C27H34ClN3O6S/c1-3-23(27(33)29-21-7-5-6-8-21)30(16-19-9-11-20(28)12-10-19)26(32)17-31(38(34,35)4-2)22-13-14-24-25(15-22)37-18-36-24/h9-15,21,23H,3-8,16-18H2,1-2H3,(H,29,33). The predicted molar refractivity (Wildman–Crippen MR) is 146 cm³/mol. The molecule has 0 spiro atoms. The zero-order valence-corrected chi connectivity index (χ0v) is 23.3. The Hall–Kier alpha value is -2.98. The van der Waals surface area contributed by atoms with Gasteiger partial charge in [-0.1, -0.05) is 43.5 Å². The molecule has 0 saturated heterocycles. The third-order valence-electron chi connectivity index (χ3n) is 6.98. The fourth-order valence-electron chi connectivity index (χ4n) is 4.83. The zero-order chi connectivity index (χ0) is 27.3. The van der Waals surface area contributed by atoms with Crippen LogP contribution in [0.1, 0.15) is 51.5 Å². The number of nitrogens with zero attached hydrogens (tertiary/aromatic N) is 2. The van der Waals surface area contributed by atoms with Crippen LogP contribution in [-0.2, 0) is 26.2 Å². The summed E-state index contributed by atoms with van der Waals surface area (Å²) in [6, 6.07) is 11.1. The number of ether oxygens (including phenoxy) is 2. The first kappa shape index (κ1) is 28.0. The van der Waals surface area contributed by atoms with Gasteiger partial charge in [-0.2, -0.15) is 0 Å². The number of rotatable bonds is 11. The Labute approximate surface area is 229 Å². The molecule has 0 aromatic heterocycles. The van der Waals surface area contributed by atoms with E-state index in [0.29, 0.717) is 28.6 Å². The zero-order valence-electron chi connectivity index (χ0n) is 21.7. The van der Waals surface area contributed by atoms with Crippen molar-refractivity contribution in [3.05, 3.63) is 53.1 Å². The van der Waals surface area contributed by atoms with Crippen molar-refractivity contribution in [1.82, 2.24) is 10.2 Å². The van der Waals surface area contributed by atoms with Gasteiger partial charge in [0.25, 0.3) is 0 Å². The van der Waals surface area contributed by atoms with E-state index in [1.807, 2.05) is 6.92 Å². The Morgan fingerprint density at radius 3 is 2.39 bits per heavy atom. The van der Waals surface area contributed by atoms with E-state index in [1.54, 1.807) is 42.5 Å². The van der Waals surface area contributed by atoms with Crippen LogP contribution in [0.5, 0.6) is 11.5 Å². The molecule has 1 unspecified atom stereocenters. The topological polar surface area (TPSA) is 105 Å². The lowest BCUT2D eigenvalue weighted by molar-refractivity contribution is -0.140. The van der Waals surface area contributed by atoms with E-state index in [-0.39, 0.29) is 31.0 Å². The van der Waals surface area contributed by atoms with Gasteiger partial charge >= 0.3 is 0 Å². The van der Waals surface area contributed by atoms with E-state index < -0.39 is 28.5 Å². The van der Waals surface area contributed by atoms with Gasteiger partial charge in [-0.25, -0.2) is 8.42 Å². The number of benzene rings is 2. The van der Waals surface area contributed by atoms with Gasteiger partial charge in [0.15, 0.2) is 11.5 Å². The molecule has 1 saturated carbocycles. The summed E-state index contributed by atoms with van der Waals surface area (Å²) in [6.45, 7) is 3.08. The predicted octanol–water partition coefficient (Wildman–Crippen LogP) is 4.09. The molecule has 1 heterocycles. The minimum atomic E-state index is -3.84. The van der Waals surface area contributed by atoms with Crippen molar-refractivity contribution in [2.75, 3.05) is 23.4 Å². The van der Waals surface area contributed by atoms with Crippen molar-refractivity contribution in [1.29, 1.82) is 0 Å². The summed E-state index contributed by atoms with van der Waals surface area (Å²) in [5.74, 6) is 0.00276. The second kappa shape index (κ2) is 12.3. The quantitative estimate of drug-likeness (QED) is 0.441. The lowest BCUT2D eigenvalue weighted by atomic mass is 10.1. The van der Waals surface area contributed by atoms with Crippen molar-refractivity contribution in [3.63, 3.8) is 0 Å². The van der Waals surface area contributed by atoms with Gasteiger partial charge in [0, 0.05) is 23.7 Å². The fourth-order valence-corrected chi connectivity index (χ4v) is 6.01. The van der Waals surface area contributed by atoms with Gasteiger partial charge in [0.05, 0.1) is 11.4 Å². The molecule has 4 rings (SSSR count). The van der Waals surface area contributed by atoms with Crippen LogP contribution in [-0.4, -0.2) is 56.3 Å². The molecule has 0 radical (unpaired) electrons. The van der Waals surface area contributed by atoms with E-state index >= 15 is 0 Å². The molecular weight excluding hydrogens is 530 g/mol. The number of fused-ring (bicyclic) bond motifs is 1. The molecular formula is C27H34ClN3O6S. The third kappa shape index (κ3) is 6.53. The van der Waals surface area contributed by atoms with E-state index in [2.05, 4.69) is 5.32 Å². The molecule has 2 aromatic rings. The Bertz CT molecular complexity index is 1250. The highest BCUT2D eigenvalue weighted by Gasteiger charge is 2.34. The van der Waals surface area contributed by atoms with E-state index in [9.17, 15) is 18.0 Å². The molecule has 1 atom stereocenters. The molecule has 1 aliphatic heterocycles. The maximum atomic E-state index is 13.9. The van der Waals surface area contributed by atoms with Gasteiger partial charge in [0.2, 0.25) is 28.6 Å². The summed E-state index contributed by atoms with van der Waals surface area (Å²) in [4.78, 5) is 28.7. The molecule has 0 bridgehead atoms. The summed E-state index contributed by atoms with van der Waals surface area (Å²) in [7, 11) is -3.84. The van der Waals surface area contributed by atoms with Crippen molar-refractivity contribution in [2.45, 2.75) is 64.6 Å². The van der Waals surface area contributed by atoms with Crippen molar-refractivity contribution in [2.24, 2.45) is 0 Å². The minimum Gasteiger partial charge on any atom is -0.454 e. The Morgan fingerprint density at radius 2 is 1.74 bits per heavy atom. The number of nitrogens with one attached hydrogen (secondary N) is 1. The number of sulfonamides is 1.